The van der Waals surface area contributed by atoms with Gasteiger partial charge in [0.15, 0.2) is 17.3 Å². The maximum absolute atomic E-state index is 14.4. The van der Waals surface area contributed by atoms with Crippen LogP contribution in [0.15, 0.2) is 78.9 Å². The van der Waals surface area contributed by atoms with Crippen LogP contribution in [0.25, 0.3) is 6.08 Å². The van der Waals surface area contributed by atoms with E-state index in [4.69, 9.17) is 0 Å². The number of Topliss-reactive ketones (excluding diaryl/α,β-unsaturated/α-hetero) is 3. The number of ketones is 3. The lowest BCUT2D eigenvalue weighted by molar-refractivity contribution is -0.127. The summed E-state index contributed by atoms with van der Waals surface area (Å²) in [6.07, 6.45) is 3.59. The van der Waals surface area contributed by atoms with Crippen molar-refractivity contribution in [2.24, 2.45) is 10.8 Å². The molecule has 3 aromatic rings. The van der Waals surface area contributed by atoms with E-state index in [1.165, 1.54) is 12.1 Å². The third kappa shape index (κ3) is 2.83. The van der Waals surface area contributed by atoms with Gasteiger partial charge in [0.05, 0.1) is 12.1 Å². The molecule has 4 nitrogen and oxygen atoms in total. The first-order valence-electron chi connectivity index (χ1n) is 12.2. The van der Waals surface area contributed by atoms with Crippen LogP contribution in [-0.2, 0) is 4.79 Å². The molecular formula is C31H26FNO3. The van der Waals surface area contributed by atoms with Gasteiger partial charge in [-0.2, -0.15) is 0 Å². The molecule has 0 radical (unpaired) electrons. The summed E-state index contributed by atoms with van der Waals surface area (Å²) < 4.78 is 14.2. The smallest absolute Gasteiger partial charge is 0.180 e. The summed E-state index contributed by atoms with van der Waals surface area (Å²) in [5, 5.41) is 0. The van der Waals surface area contributed by atoms with Crippen molar-refractivity contribution in [3.05, 3.63) is 107 Å². The molecule has 2 aliphatic heterocycles. The summed E-state index contributed by atoms with van der Waals surface area (Å²) in [6.45, 7) is 5.57. The highest BCUT2D eigenvalue weighted by atomic mass is 19.1. The fraction of sp³-hybridized carbons (Fsp3) is 0.258. The highest BCUT2D eigenvalue weighted by molar-refractivity contribution is 6.32. The van der Waals surface area contributed by atoms with E-state index in [0.29, 0.717) is 22.4 Å². The molecule has 6 rings (SSSR count). The second kappa shape index (κ2) is 7.57. The summed E-state index contributed by atoms with van der Waals surface area (Å²) in [6, 6.07) is 19.3. The number of carbonyl (C=O) groups excluding carboxylic acids is 3. The molecule has 0 amide bonds. The standard InChI is InChI=1S/C31H26FNO3/c1-30(2,3)29(36)26-25(18-9-5-4-6-10-18)31(27(34)21-11-7-8-12-22(21)28(31)35)24-16-13-19-17-20(32)14-15-23(19)33(24)26/h4-17,24-26H,1-3H3/t24-,25+,26+/m1/s1. The van der Waals surface area contributed by atoms with Gasteiger partial charge in [0.1, 0.15) is 11.2 Å². The van der Waals surface area contributed by atoms with Crippen LogP contribution < -0.4 is 4.90 Å². The average Bonchev–Trinajstić information content (AvgIpc) is 3.29. The zero-order chi connectivity index (χ0) is 25.4. The minimum atomic E-state index is -1.51. The zero-order valence-electron chi connectivity index (χ0n) is 20.4. The largest absolute Gasteiger partial charge is 0.352 e. The number of halogens is 1. The van der Waals surface area contributed by atoms with E-state index in [2.05, 4.69) is 0 Å². The van der Waals surface area contributed by atoms with Crippen molar-refractivity contribution in [2.75, 3.05) is 4.90 Å². The van der Waals surface area contributed by atoms with Crippen molar-refractivity contribution in [3.8, 4) is 0 Å². The van der Waals surface area contributed by atoms with Crippen LogP contribution in [-0.4, -0.2) is 29.4 Å². The molecule has 3 atom stereocenters. The molecule has 0 saturated carbocycles. The Morgan fingerprint density at radius 1 is 0.889 bits per heavy atom. The maximum atomic E-state index is 14.4. The van der Waals surface area contributed by atoms with Crippen LogP contribution in [0.2, 0.25) is 0 Å². The Labute approximate surface area is 209 Å². The summed E-state index contributed by atoms with van der Waals surface area (Å²) in [4.78, 5) is 45.0. The minimum Gasteiger partial charge on any atom is -0.352 e. The molecule has 1 fully saturated rings. The minimum absolute atomic E-state index is 0.0691. The van der Waals surface area contributed by atoms with Gasteiger partial charge in [-0.3, -0.25) is 14.4 Å². The highest BCUT2D eigenvalue weighted by Crippen LogP contribution is 2.61. The van der Waals surface area contributed by atoms with Crippen LogP contribution in [0.5, 0.6) is 0 Å². The summed E-state index contributed by atoms with van der Waals surface area (Å²) in [7, 11) is 0. The number of benzene rings is 3. The van der Waals surface area contributed by atoms with Gasteiger partial charge in [-0.25, -0.2) is 4.39 Å². The Kier molecular flexibility index (Phi) is 4.75. The molecule has 3 aliphatic rings. The van der Waals surface area contributed by atoms with Gasteiger partial charge in [-0.05, 0) is 23.8 Å². The second-order valence-corrected chi connectivity index (χ2v) is 10.9. The number of anilines is 1. The normalized spacial score (nSPS) is 23.6. The fourth-order valence-electron chi connectivity index (χ4n) is 6.42. The first-order valence-corrected chi connectivity index (χ1v) is 12.2. The quantitative estimate of drug-likeness (QED) is 0.431. The number of rotatable bonds is 2. The molecule has 2 heterocycles. The number of hydrogen-bond acceptors (Lipinski definition) is 4. The first kappa shape index (κ1) is 22.6. The van der Waals surface area contributed by atoms with E-state index in [1.54, 1.807) is 36.4 Å². The van der Waals surface area contributed by atoms with Crippen molar-refractivity contribution in [1.29, 1.82) is 0 Å². The summed E-state index contributed by atoms with van der Waals surface area (Å²) >= 11 is 0. The van der Waals surface area contributed by atoms with Crippen LogP contribution in [0.4, 0.5) is 10.1 Å². The van der Waals surface area contributed by atoms with Crippen molar-refractivity contribution < 1.29 is 18.8 Å². The number of fused-ring (bicyclic) bond motifs is 5. The van der Waals surface area contributed by atoms with Crippen LogP contribution in [0, 0.1) is 16.6 Å². The van der Waals surface area contributed by atoms with Crippen LogP contribution in [0.1, 0.15) is 58.5 Å². The summed E-state index contributed by atoms with van der Waals surface area (Å²) in [5.74, 6) is -1.69. The highest BCUT2D eigenvalue weighted by Gasteiger charge is 2.71. The van der Waals surface area contributed by atoms with E-state index in [1.807, 2.05) is 62.1 Å². The molecule has 0 N–H and O–H groups in total. The predicted molar refractivity (Wildman–Crippen MR) is 137 cm³/mol. The average molecular weight is 480 g/mol. The van der Waals surface area contributed by atoms with Crippen LogP contribution in [0.3, 0.4) is 0 Å². The number of carbonyl (C=O) groups is 3. The van der Waals surface area contributed by atoms with Crippen molar-refractivity contribution >= 4 is 29.1 Å². The summed E-state index contributed by atoms with van der Waals surface area (Å²) in [5.41, 5.74) is 0.571. The Hall–Kier alpha value is -3.86. The van der Waals surface area contributed by atoms with Gasteiger partial charge < -0.3 is 4.90 Å². The lowest BCUT2D eigenvalue weighted by atomic mass is 9.63. The molecule has 36 heavy (non-hydrogen) atoms. The van der Waals surface area contributed by atoms with Crippen molar-refractivity contribution in [3.63, 3.8) is 0 Å². The van der Waals surface area contributed by atoms with Crippen molar-refractivity contribution in [1.82, 2.24) is 0 Å². The molecule has 0 bridgehead atoms. The monoisotopic (exact) mass is 479 g/mol. The Morgan fingerprint density at radius 2 is 1.50 bits per heavy atom. The van der Waals surface area contributed by atoms with Crippen LogP contribution >= 0.6 is 0 Å². The molecule has 5 heteroatoms. The predicted octanol–water partition coefficient (Wildman–Crippen LogP) is 5.87. The third-order valence-electron chi connectivity index (χ3n) is 7.93. The second-order valence-electron chi connectivity index (χ2n) is 10.9. The van der Waals surface area contributed by atoms with Gasteiger partial charge in [-0.15, -0.1) is 0 Å². The lowest BCUT2D eigenvalue weighted by Gasteiger charge is -2.38. The number of nitrogens with zero attached hydrogens (tertiary/aromatic N) is 1. The molecule has 1 aliphatic carbocycles. The van der Waals surface area contributed by atoms with Gasteiger partial charge in [-0.1, -0.05) is 87.5 Å². The molecule has 180 valence electrons. The Morgan fingerprint density at radius 3 is 2.11 bits per heavy atom. The van der Waals surface area contributed by atoms with Gasteiger partial charge in [0.25, 0.3) is 0 Å². The SMILES string of the molecule is CC(C)(C)C(=O)[C@@H]1[C@H](c2ccccc2)C2(C(=O)c3ccccc3C2=O)[C@H]2C=Cc3cc(F)ccc3N12. The Bertz CT molecular complexity index is 1430. The van der Waals surface area contributed by atoms with E-state index >= 15 is 0 Å². The molecule has 0 unspecified atom stereocenters. The molecule has 0 aromatic heterocycles. The van der Waals surface area contributed by atoms with Gasteiger partial charge in [0.2, 0.25) is 0 Å². The fourth-order valence-corrected chi connectivity index (χ4v) is 6.42. The lowest BCUT2D eigenvalue weighted by Crippen LogP contribution is -2.49. The number of hydrogen-bond donors (Lipinski definition) is 0. The molecule has 1 saturated heterocycles. The first-order chi connectivity index (χ1) is 17.2. The van der Waals surface area contributed by atoms with E-state index < -0.39 is 28.8 Å². The van der Waals surface area contributed by atoms with Crippen molar-refractivity contribution in [2.45, 2.75) is 38.8 Å². The van der Waals surface area contributed by atoms with E-state index in [-0.39, 0.29) is 23.2 Å². The zero-order valence-corrected chi connectivity index (χ0v) is 20.4. The third-order valence-corrected chi connectivity index (χ3v) is 7.93. The molecular weight excluding hydrogens is 453 g/mol. The Balaban J connectivity index is 1.70. The topological polar surface area (TPSA) is 54.5 Å². The molecule has 1 spiro atoms. The van der Waals surface area contributed by atoms with Gasteiger partial charge >= 0.3 is 0 Å². The maximum Gasteiger partial charge on any atom is 0.180 e. The molecule has 3 aromatic carbocycles. The van der Waals surface area contributed by atoms with Gasteiger partial charge in [0, 0.05) is 33.7 Å². The van der Waals surface area contributed by atoms with E-state index in [9.17, 15) is 18.8 Å². The van der Waals surface area contributed by atoms with E-state index in [0.717, 1.165) is 5.56 Å².